The molecule has 2 N–H and O–H groups in total. The van der Waals surface area contributed by atoms with Gasteiger partial charge in [-0.05, 0) is 0 Å². The maximum absolute atomic E-state index is 12.8. The second-order valence-corrected chi connectivity index (χ2v) is 9.03. The maximum atomic E-state index is 12.8. The Hall–Kier alpha value is -2.63. The molecule has 7 heteroatoms. The number of carbonyl (C=O) groups is 2. The fourth-order valence-electron chi connectivity index (χ4n) is 2.73. The van der Waals surface area contributed by atoms with Gasteiger partial charge < -0.3 is 0 Å². The Bertz CT molecular complexity index is 851. The molecule has 6 nitrogen and oxygen atoms in total. The summed E-state index contributed by atoms with van der Waals surface area (Å²) in [5.41, 5.74) is 1.38. The normalized spacial score (nSPS) is 11.8. The number of hydrogen-bond donors (Lipinski definition) is 2. The average Bonchev–Trinajstić information content (AvgIpc) is 2.72. The Labute approximate surface area is 192 Å². The number of benzene rings is 2. The standard InChI is InChI=1S/C24H30N2O4Se/c1-24(2,3)30-23(28)26-20(16-18-10-6-4-7-11-18)22(27)25-15-14-21(31)29-17-19-12-8-5-9-13-19/h4-13,20H,14-17H2,1-3H3,(H,25,27)(H,26,28)/t20-/m0/s1. The molecular weight excluding hydrogens is 459 g/mol. The van der Waals surface area contributed by atoms with Crippen LogP contribution in [-0.4, -0.2) is 50.4 Å². The number of rotatable bonds is 10. The van der Waals surface area contributed by atoms with Crippen molar-refractivity contribution in [1.29, 1.82) is 0 Å². The Morgan fingerprint density at radius 2 is 1.55 bits per heavy atom. The summed E-state index contributed by atoms with van der Waals surface area (Å²) >= 11 is 2.90. The van der Waals surface area contributed by atoms with Crippen LogP contribution in [0, 0.1) is 0 Å². The van der Waals surface area contributed by atoms with Crippen molar-refractivity contribution >= 4 is 32.2 Å². The van der Waals surface area contributed by atoms with E-state index < -0.39 is 17.7 Å². The summed E-state index contributed by atoms with van der Waals surface area (Å²) < 4.78 is 11.7. The molecule has 0 aliphatic heterocycles. The van der Waals surface area contributed by atoms with Gasteiger partial charge in [0.1, 0.15) is 0 Å². The zero-order valence-corrected chi connectivity index (χ0v) is 19.9. The van der Waals surface area contributed by atoms with Crippen molar-refractivity contribution in [2.75, 3.05) is 6.54 Å². The molecular formula is C24H30N2O4Se. The minimum absolute atomic E-state index is 0.273. The van der Waals surface area contributed by atoms with Crippen LogP contribution >= 0.6 is 0 Å². The first-order valence-corrected chi connectivity index (χ1v) is 11.1. The van der Waals surface area contributed by atoms with Gasteiger partial charge in [0.15, 0.2) is 0 Å². The van der Waals surface area contributed by atoms with Crippen LogP contribution in [0.3, 0.4) is 0 Å². The van der Waals surface area contributed by atoms with Crippen LogP contribution in [0.25, 0.3) is 0 Å². The molecule has 0 radical (unpaired) electrons. The Balaban J connectivity index is 1.85. The molecule has 2 amide bonds. The predicted molar refractivity (Wildman–Crippen MR) is 123 cm³/mol. The fourth-order valence-corrected chi connectivity index (χ4v) is 3.07. The summed E-state index contributed by atoms with van der Waals surface area (Å²) in [6.45, 7) is 6.20. The average molecular weight is 489 g/mol. The summed E-state index contributed by atoms with van der Waals surface area (Å²) in [5.74, 6) is -0.273. The number of nitrogens with one attached hydrogen (secondary N) is 2. The predicted octanol–water partition coefficient (Wildman–Crippen LogP) is 3.14. The van der Waals surface area contributed by atoms with Gasteiger partial charge in [0.05, 0.1) is 0 Å². The molecule has 166 valence electrons. The summed E-state index contributed by atoms with van der Waals surface area (Å²) in [4.78, 5) is 25.0. The summed E-state index contributed by atoms with van der Waals surface area (Å²) in [7, 11) is 0. The molecule has 2 aromatic carbocycles. The third kappa shape index (κ3) is 10.3. The van der Waals surface area contributed by atoms with Gasteiger partial charge in [0.25, 0.3) is 0 Å². The molecule has 1 atom stereocenters. The van der Waals surface area contributed by atoms with E-state index in [1.54, 1.807) is 20.8 Å². The van der Waals surface area contributed by atoms with Gasteiger partial charge in [0, 0.05) is 0 Å². The first-order chi connectivity index (χ1) is 14.7. The first-order valence-electron chi connectivity index (χ1n) is 10.2. The second kappa shape index (κ2) is 12.3. The van der Waals surface area contributed by atoms with Crippen molar-refractivity contribution in [3.63, 3.8) is 0 Å². The molecule has 0 heterocycles. The van der Waals surface area contributed by atoms with Crippen LogP contribution < -0.4 is 10.6 Å². The number of amides is 2. The molecule has 31 heavy (non-hydrogen) atoms. The van der Waals surface area contributed by atoms with E-state index in [2.05, 4.69) is 26.2 Å². The number of alkyl carbamates (subject to hydrolysis) is 1. The summed E-state index contributed by atoms with van der Waals surface area (Å²) in [6.07, 6.45) is 0.278. The molecule has 0 aromatic heterocycles. The van der Waals surface area contributed by atoms with E-state index in [1.165, 1.54) is 0 Å². The van der Waals surface area contributed by atoms with Crippen LogP contribution in [0.15, 0.2) is 60.7 Å². The molecule has 0 saturated carbocycles. The molecule has 0 unspecified atom stereocenters. The van der Waals surface area contributed by atoms with Crippen molar-refractivity contribution in [2.24, 2.45) is 0 Å². The second-order valence-electron chi connectivity index (χ2n) is 8.08. The van der Waals surface area contributed by atoms with E-state index in [0.717, 1.165) is 11.1 Å². The Kier molecular flexibility index (Phi) is 9.76. The van der Waals surface area contributed by atoms with E-state index in [9.17, 15) is 9.59 Å². The van der Waals surface area contributed by atoms with E-state index in [4.69, 9.17) is 9.47 Å². The molecule has 0 bridgehead atoms. The summed E-state index contributed by atoms with van der Waals surface area (Å²) in [5, 5.41) is 5.56. The molecule has 2 aromatic rings. The minimum atomic E-state index is -0.744. The molecule has 0 spiro atoms. The van der Waals surface area contributed by atoms with E-state index in [0.29, 0.717) is 30.6 Å². The van der Waals surface area contributed by atoms with Crippen molar-refractivity contribution < 1.29 is 19.1 Å². The van der Waals surface area contributed by atoms with Crippen molar-refractivity contribution in [2.45, 2.75) is 51.9 Å². The van der Waals surface area contributed by atoms with Gasteiger partial charge >= 0.3 is 192 Å². The number of ether oxygens (including phenoxy) is 2. The van der Waals surface area contributed by atoms with Gasteiger partial charge in [-0.15, -0.1) is 0 Å². The van der Waals surface area contributed by atoms with Gasteiger partial charge in [-0.3, -0.25) is 0 Å². The van der Waals surface area contributed by atoms with E-state index in [1.807, 2.05) is 60.7 Å². The van der Waals surface area contributed by atoms with Crippen molar-refractivity contribution in [3.8, 4) is 0 Å². The molecule has 0 aliphatic rings. The SMILES string of the molecule is CC(C)(C)OC(=O)N[C@@H](Cc1ccccc1)C(=O)NCCC(=[Se])OCc1ccccc1. The van der Waals surface area contributed by atoms with Gasteiger partial charge in [-0.1, -0.05) is 0 Å². The van der Waals surface area contributed by atoms with Gasteiger partial charge in [0.2, 0.25) is 0 Å². The van der Waals surface area contributed by atoms with Crippen LogP contribution in [0.2, 0.25) is 0 Å². The van der Waals surface area contributed by atoms with E-state index in [-0.39, 0.29) is 5.91 Å². The quantitative estimate of drug-likeness (QED) is 0.503. The van der Waals surface area contributed by atoms with E-state index >= 15 is 0 Å². The molecule has 0 saturated heterocycles. The van der Waals surface area contributed by atoms with Gasteiger partial charge in [-0.2, -0.15) is 0 Å². The molecule has 0 fully saturated rings. The zero-order valence-electron chi connectivity index (χ0n) is 18.2. The summed E-state index contributed by atoms with van der Waals surface area (Å²) in [6, 6.07) is 18.7. The zero-order chi connectivity index (χ0) is 22.7. The number of hydrogen-bond acceptors (Lipinski definition) is 4. The molecule has 0 aliphatic carbocycles. The number of carbonyl (C=O) groups excluding carboxylic acids is 2. The van der Waals surface area contributed by atoms with Crippen molar-refractivity contribution in [1.82, 2.24) is 10.6 Å². The molecule has 2 rings (SSSR count). The van der Waals surface area contributed by atoms with Crippen molar-refractivity contribution in [3.05, 3.63) is 71.8 Å². The first kappa shape index (κ1) is 24.6. The third-order valence-electron chi connectivity index (χ3n) is 4.16. The van der Waals surface area contributed by atoms with Crippen LogP contribution in [0.4, 0.5) is 4.79 Å². The third-order valence-corrected chi connectivity index (χ3v) is 4.84. The van der Waals surface area contributed by atoms with Gasteiger partial charge in [-0.25, -0.2) is 0 Å². The van der Waals surface area contributed by atoms with Crippen LogP contribution in [-0.2, 0) is 27.3 Å². The topological polar surface area (TPSA) is 76.7 Å². The monoisotopic (exact) mass is 490 g/mol. The van der Waals surface area contributed by atoms with Crippen LogP contribution in [0.5, 0.6) is 0 Å². The Morgan fingerprint density at radius 1 is 0.968 bits per heavy atom. The Morgan fingerprint density at radius 3 is 2.13 bits per heavy atom. The van der Waals surface area contributed by atoms with Crippen LogP contribution in [0.1, 0.15) is 38.3 Å². The fraction of sp³-hybridized carbons (Fsp3) is 0.375.